The number of rotatable bonds is 5. The van der Waals surface area contributed by atoms with Gasteiger partial charge in [0.15, 0.2) is 5.96 Å². The second-order valence-electron chi connectivity index (χ2n) is 7.27. The van der Waals surface area contributed by atoms with E-state index in [0.717, 1.165) is 44.3 Å². The molecule has 0 bridgehead atoms. The summed E-state index contributed by atoms with van der Waals surface area (Å²) < 4.78 is 11.4. The van der Waals surface area contributed by atoms with Gasteiger partial charge in [-0.25, -0.2) is 0 Å². The highest BCUT2D eigenvalue weighted by molar-refractivity contribution is 14.0. The zero-order chi connectivity index (χ0) is 16.7. The molecule has 2 unspecified atom stereocenters. The van der Waals surface area contributed by atoms with Gasteiger partial charge >= 0.3 is 0 Å². The summed E-state index contributed by atoms with van der Waals surface area (Å²) in [4.78, 5) is 4.30. The van der Waals surface area contributed by atoms with E-state index in [-0.39, 0.29) is 29.4 Å². The maximum Gasteiger partial charge on any atom is 0.191 e. The van der Waals surface area contributed by atoms with Crippen molar-refractivity contribution in [2.24, 2.45) is 16.3 Å². The van der Waals surface area contributed by atoms with Gasteiger partial charge in [-0.3, -0.25) is 4.99 Å². The van der Waals surface area contributed by atoms with Gasteiger partial charge in [0.2, 0.25) is 0 Å². The molecular formula is C18H32IN3O2. The predicted molar refractivity (Wildman–Crippen MR) is 109 cm³/mol. The summed E-state index contributed by atoms with van der Waals surface area (Å²) in [5.74, 6) is 2.35. The quantitative estimate of drug-likeness (QED) is 0.411. The fourth-order valence-corrected chi connectivity index (χ4v) is 3.22. The second-order valence-corrected chi connectivity index (χ2v) is 7.27. The molecule has 6 heteroatoms. The molecule has 2 atom stereocenters. The van der Waals surface area contributed by atoms with Gasteiger partial charge in [-0.2, -0.15) is 0 Å². The number of hydrogen-bond donors (Lipinski definition) is 2. The summed E-state index contributed by atoms with van der Waals surface area (Å²) in [5, 5.41) is 6.79. The zero-order valence-corrected chi connectivity index (χ0v) is 17.6. The van der Waals surface area contributed by atoms with E-state index in [4.69, 9.17) is 9.15 Å². The standard InChI is InChI=1S/C18H31N3O2.HI/c1-18(2,3)16-14(7-5-12-23-16)13-21-17(19-4)20-10-9-15-8-6-11-22-15;/h6,8,11,14,16H,5,7,9-10,12-13H2,1-4H3,(H2,19,20,21);1H. The summed E-state index contributed by atoms with van der Waals surface area (Å²) in [7, 11) is 1.81. The van der Waals surface area contributed by atoms with Crippen molar-refractivity contribution >= 4 is 29.9 Å². The lowest BCUT2D eigenvalue weighted by Crippen LogP contribution is -2.47. The fourth-order valence-electron chi connectivity index (χ4n) is 3.22. The molecule has 0 amide bonds. The van der Waals surface area contributed by atoms with Crippen LogP contribution in [0.25, 0.3) is 0 Å². The monoisotopic (exact) mass is 449 g/mol. The molecule has 0 saturated carbocycles. The minimum atomic E-state index is 0. The van der Waals surface area contributed by atoms with Crippen LogP contribution in [-0.4, -0.2) is 38.8 Å². The molecule has 2 heterocycles. The van der Waals surface area contributed by atoms with Gasteiger partial charge in [0.05, 0.1) is 12.4 Å². The first-order chi connectivity index (χ1) is 11.0. The number of halogens is 1. The zero-order valence-electron chi connectivity index (χ0n) is 15.3. The molecule has 1 aromatic rings. The third-order valence-electron chi connectivity index (χ3n) is 4.30. The first-order valence-corrected chi connectivity index (χ1v) is 8.59. The van der Waals surface area contributed by atoms with Crippen molar-refractivity contribution in [3.63, 3.8) is 0 Å². The Kier molecular flexibility index (Phi) is 9.12. The maximum atomic E-state index is 6.04. The Hall–Kier alpha value is -0.760. The molecule has 5 nitrogen and oxygen atoms in total. The Balaban J connectivity index is 0.00000288. The number of guanidine groups is 1. The van der Waals surface area contributed by atoms with Gasteiger partial charge in [-0.05, 0) is 30.4 Å². The molecule has 2 N–H and O–H groups in total. The highest BCUT2D eigenvalue weighted by Gasteiger charge is 2.35. The molecule has 0 aromatic carbocycles. The van der Waals surface area contributed by atoms with Crippen LogP contribution in [-0.2, 0) is 11.2 Å². The normalized spacial score (nSPS) is 21.9. The van der Waals surface area contributed by atoms with Gasteiger partial charge < -0.3 is 19.8 Å². The van der Waals surface area contributed by atoms with E-state index in [1.54, 1.807) is 13.3 Å². The Morgan fingerprint density at radius 1 is 1.33 bits per heavy atom. The lowest BCUT2D eigenvalue weighted by atomic mass is 9.78. The van der Waals surface area contributed by atoms with Crippen molar-refractivity contribution in [3.05, 3.63) is 24.2 Å². The number of hydrogen-bond acceptors (Lipinski definition) is 3. The predicted octanol–water partition coefficient (Wildman–Crippen LogP) is 3.45. The highest BCUT2D eigenvalue weighted by atomic mass is 127. The molecule has 0 spiro atoms. The van der Waals surface area contributed by atoms with E-state index >= 15 is 0 Å². The lowest BCUT2D eigenvalue weighted by molar-refractivity contribution is -0.0835. The van der Waals surface area contributed by atoms with Crippen LogP contribution in [0.1, 0.15) is 39.4 Å². The van der Waals surface area contributed by atoms with Crippen LogP contribution in [0.2, 0.25) is 0 Å². The molecule has 0 radical (unpaired) electrons. The number of aliphatic imine (C=N–C) groups is 1. The first-order valence-electron chi connectivity index (χ1n) is 8.59. The van der Waals surface area contributed by atoms with E-state index in [2.05, 4.69) is 36.4 Å². The number of ether oxygens (including phenoxy) is 1. The van der Waals surface area contributed by atoms with Crippen molar-refractivity contribution in [3.8, 4) is 0 Å². The largest absolute Gasteiger partial charge is 0.469 e. The molecule has 1 aromatic heterocycles. The van der Waals surface area contributed by atoms with Gasteiger partial charge in [0.1, 0.15) is 5.76 Å². The fraction of sp³-hybridized carbons (Fsp3) is 0.722. The molecule has 2 rings (SSSR count). The topological polar surface area (TPSA) is 58.8 Å². The molecule has 1 fully saturated rings. The van der Waals surface area contributed by atoms with Crippen LogP contribution in [0.5, 0.6) is 0 Å². The van der Waals surface area contributed by atoms with Crippen LogP contribution in [0.4, 0.5) is 0 Å². The third kappa shape index (κ3) is 6.63. The van der Waals surface area contributed by atoms with Crippen LogP contribution in [0.15, 0.2) is 27.8 Å². The van der Waals surface area contributed by atoms with E-state index in [0.29, 0.717) is 12.0 Å². The average Bonchev–Trinajstić information content (AvgIpc) is 3.03. The molecule has 1 aliphatic heterocycles. The van der Waals surface area contributed by atoms with E-state index in [9.17, 15) is 0 Å². The summed E-state index contributed by atoms with van der Waals surface area (Å²) >= 11 is 0. The van der Waals surface area contributed by atoms with E-state index < -0.39 is 0 Å². The number of nitrogens with one attached hydrogen (secondary N) is 2. The van der Waals surface area contributed by atoms with Gasteiger partial charge in [0.25, 0.3) is 0 Å². The summed E-state index contributed by atoms with van der Waals surface area (Å²) in [6.45, 7) is 9.35. The van der Waals surface area contributed by atoms with Crippen molar-refractivity contribution < 1.29 is 9.15 Å². The molecule has 0 aliphatic carbocycles. The summed E-state index contributed by atoms with van der Waals surface area (Å²) in [5.41, 5.74) is 0.170. The smallest absolute Gasteiger partial charge is 0.191 e. The Morgan fingerprint density at radius 3 is 2.75 bits per heavy atom. The molecule has 138 valence electrons. The van der Waals surface area contributed by atoms with E-state index in [1.165, 1.54) is 6.42 Å². The van der Waals surface area contributed by atoms with Gasteiger partial charge in [-0.1, -0.05) is 20.8 Å². The van der Waals surface area contributed by atoms with E-state index in [1.807, 2.05) is 12.1 Å². The number of furan rings is 1. The highest BCUT2D eigenvalue weighted by Crippen LogP contribution is 2.33. The molecule has 1 aliphatic rings. The van der Waals surface area contributed by atoms with Crippen LogP contribution in [0, 0.1) is 11.3 Å². The first kappa shape index (κ1) is 21.3. The minimum Gasteiger partial charge on any atom is -0.469 e. The number of nitrogens with zero attached hydrogens (tertiary/aromatic N) is 1. The Morgan fingerprint density at radius 2 is 2.12 bits per heavy atom. The van der Waals surface area contributed by atoms with Crippen molar-refractivity contribution in [1.29, 1.82) is 0 Å². The molecule has 1 saturated heterocycles. The van der Waals surface area contributed by atoms with Gasteiger partial charge in [0, 0.05) is 39.1 Å². The van der Waals surface area contributed by atoms with Crippen molar-refractivity contribution in [2.75, 3.05) is 26.7 Å². The van der Waals surface area contributed by atoms with Crippen LogP contribution >= 0.6 is 24.0 Å². The third-order valence-corrected chi connectivity index (χ3v) is 4.30. The lowest BCUT2D eigenvalue weighted by Gasteiger charge is -2.40. The minimum absolute atomic E-state index is 0. The second kappa shape index (κ2) is 10.3. The summed E-state index contributed by atoms with van der Waals surface area (Å²) in [6.07, 6.45) is 5.20. The summed E-state index contributed by atoms with van der Waals surface area (Å²) in [6, 6.07) is 3.91. The molecular weight excluding hydrogens is 417 g/mol. The molecule has 24 heavy (non-hydrogen) atoms. The van der Waals surface area contributed by atoms with Crippen LogP contribution in [0.3, 0.4) is 0 Å². The Bertz CT molecular complexity index is 483. The SMILES string of the molecule is CN=C(NCCc1ccco1)NCC1CCCOC1C(C)(C)C.I. The van der Waals surface area contributed by atoms with Gasteiger partial charge in [-0.15, -0.1) is 24.0 Å². The average molecular weight is 449 g/mol. The van der Waals surface area contributed by atoms with Crippen molar-refractivity contribution in [1.82, 2.24) is 10.6 Å². The maximum absolute atomic E-state index is 6.04. The van der Waals surface area contributed by atoms with Crippen molar-refractivity contribution in [2.45, 2.75) is 46.1 Å². The van der Waals surface area contributed by atoms with Crippen LogP contribution < -0.4 is 10.6 Å². The Labute approximate surface area is 163 Å².